The zero-order chi connectivity index (χ0) is 15.2. The zero-order valence-corrected chi connectivity index (χ0v) is 13.0. The third-order valence-electron chi connectivity index (χ3n) is 3.49. The first-order valence-corrected chi connectivity index (χ1v) is 8.31. The van der Waals surface area contributed by atoms with Crippen LogP contribution in [0.5, 0.6) is 0 Å². The Bertz CT molecular complexity index is 611. The van der Waals surface area contributed by atoms with Gasteiger partial charge in [-0.15, -0.1) is 11.3 Å². The lowest BCUT2D eigenvalue weighted by Crippen LogP contribution is -2.39. The van der Waals surface area contributed by atoms with Crippen LogP contribution in [0.2, 0.25) is 0 Å². The predicted octanol–water partition coefficient (Wildman–Crippen LogP) is 1.83. The maximum atomic E-state index is 11.9. The minimum atomic E-state index is -0.278. The van der Waals surface area contributed by atoms with Gasteiger partial charge in [0, 0.05) is 37.3 Å². The largest absolute Gasteiger partial charge is 0.368 e. The van der Waals surface area contributed by atoms with E-state index < -0.39 is 0 Å². The Hall–Kier alpha value is -1.86. The van der Waals surface area contributed by atoms with Crippen molar-refractivity contribution in [3.05, 3.63) is 29.7 Å². The number of hydrogen-bond donors (Lipinski definition) is 1. The van der Waals surface area contributed by atoms with Crippen LogP contribution < -0.4 is 5.32 Å². The SMILES string of the molecule is O=C(NCCc1csc(-c2cnccn2)n1)C1CCCCO1. The second kappa shape index (κ2) is 7.42. The van der Waals surface area contributed by atoms with Gasteiger partial charge in [-0.1, -0.05) is 0 Å². The van der Waals surface area contributed by atoms with E-state index in [2.05, 4.69) is 20.3 Å². The highest BCUT2D eigenvalue weighted by atomic mass is 32.1. The van der Waals surface area contributed by atoms with E-state index in [0.717, 1.165) is 35.7 Å². The molecule has 0 spiro atoms. The van der Waals surface area contributed by atoms with Crippen molar-refractivity contribution in [3.63, 3.8) is 0 Å². The second-order valence-electron chi connectivity index (χ2n) is 5.13. The van der Waals surface area contributed by atoms with Gasteiger partial charge in [-0.3, -0.25) is 14.8 Å². The molecule has 0 aromatic carbocycles. The van der Waals surface area contributed by atoms with E-state index >= 15 is 0 Å². The maximum absolute atomic E-state index is 11.9. The van der Waals surface area contributed by atoms with Crippen LogP contribution in [0.25, 0.3) is 10.7 Å². The van der Waals surface area contributed by atoms with Crippen LogP contribution in [-0.4, -0.2) is 40.1 Å². The van der Waals surface area contributed by atoms with Crippen molar-refractivity contribution in [1.82, 2.24) is 20.3 Å². The van der Waals surface area contributed by atoms with Crippen molar-refractivity contribution < 1.29 is 9.53 Å². The molecule has 1 unspecified atom stereocenters. The molecule has 116 valence electrons. The first-order chi connectivity index (χ1) is 10.8. The summed E-state index contributed by atoms with van der Waals surface area (Å²) in [4.78, 5) is 24.7. The van der Waals surface area contributed by atoms with Gasteiger partial charge < -0.3 is 10.1 Å². The lowest BCUT2D eigenvalue weighted by Gasteiger charge is -2.21. The highest BCUT2D eigenvalue weighted by Gasteiger charge is 2.21. The van der Waals surface area contributed by atoms with Crippen LogP contribution in [0, 0.1) is 0 Å². The van der Waals surface area contributed by atoms with Gasteiger partial charge in [-0.05, 0) is 19.3 Å². The monoisotopic (exact) mass is 318 g/mol. The molecule has 2 aromatic heterocycles. The van der Waals surface area contributed by atoms with Crippen LogP contribution >= 0.6 is 11.3 Å². The molecule has 0 saturated carbocycles. The third kappa shape index (κ3) is 3.86. The molecule has 3 rings (SSSR count). The van der Waals surface area contributed by atoms with Crippen molar-refractivity contribution in [2.24, 2.45) is 0 Å². The van der Waals surface area contributed by atoms with Crippen molar-refractivity contribution in [2.75, 3.05) is 13.2 Å². The Labute approximate surface area is 133 Å². The van der Waals surface area contributed by atoms with Crippen molar-refractivity contribution in [1.29, 1.82) is 0 Å². The first kappa shape index (κ1) is 15.1. The fraction of sp³-hybridized carbons (Fsp3) is 0.467. The van der Waals surface area contributed by atoms with E-state index in [0.29, 0.717) is 19.6 Å². The number of rotatable bonds is 5. The number of hydrogen-bond acceptors (Lipinski definition) is 6. The van der Waals surface area contributed by atoms with Gasteiger partial charge in [-0.2, -0.15) is 0 Å². The predicted molar refractivity (Wildman–Crippen MR) is 83.4 cm³/mol. The average molecular weight is 318 g/mol. The maximum Gasteiger partial charge on any atom is 0.249 e. The van der Waals surface area contributed by atoms with Gasteiger partial charge in [0.25, 0.3) is 0 Å². The molecule has 1 saturated heterocycles. The summed E-state index contributed by atoms with van der Waals surface area (Å²) in [6.07, 6.45) is 8.35. The topological polar surface area (TPSA) is 77.0 Å². The zero-order valence-electron chi connectivity index (χ0n) is 12.2. The Morgan fingerprint density at radius 3 is 3.14 bits per heavy atom. The van der Waals surface area contributed by atoms with Crippen LogP contribution in [0.15, 0.2) is 24.0 Å². The van der Waals surface area contributed by atoms with Crippen LogP contribution in [0.3, 0.4) is 0 Å². The molecule has 1 N–H and O–H groups in total. The molecule has 0 aliphatic carbocycles. The molecule has 3 heterocycles. The van der Waals surface area contributed by atoms with Gasteiger partial charge in [0.15, 0.2) is 0 Å². The van der Waals surface area contributed by atoms with Crippen LogP contribution in [-0.2, 0) is 16.0 Å². The second-order valence-corrected chi connectivity index (χ2v) is 5.99. The summed E-state index contributed by atoms with van der Waals surface area (Å²) >= 11 is 1.54. The summed E-state index contributed by atoms with van der Waals surface area (Å²) in [5.74, 6) is -0.0101. The smallest absolute Gasteiger partial charge is 0.249 e. The number of amides is 1. The summed E-state index contributed by atoms with van der Waals surface area (Å²) < 4.78 is 5.46. The highest BCUT2D eigenvalue weighted by Crippen LogP contribution is 2.20. The van der Waals surface area contributed by atoms with Crippen molar-refractivity contribution in [2.45, 2.75) is 31.8 Å². The fourth-order valence-electron chi connectivity index (χ4n) is 2.32. The average Bonchev–Trinajstić information content (AvgIpc) is 3.05. The van der Waals surface area contributed by atoms with Crippen molar-refractivity contribution in [3.8, 4) is 10.7 Å². The molecule has 1 fully saturated rings. The molecule has 1 amide bonds. The molecule has 0 bridgehead atoms. The fourth-order valence-corrected chi connectivity index (χ4v) is 3.14. The Morgan fingerprint density at radius 2 is 2.36 bits per heavy atom. The third-order valence-corrected chi connectivity index (χ3v) is 4.40. The minimum Gasteiger partial charge on any atom is -0.368 e. The van der Waals surface area contributed by atoms with E-state index in [4.69, 9.17) is 4.74 Å². The molecular weight excluding hydrogens is 300 g/mol. The van der Waals surface area contributed by atoms with E-state index in [1.165, 1.54) is 11.3 Å². The van der Waals surface area contributed by atoms with E-state index in [1.54, 1.807) is 18.6 Å². The first-order valence-electron chi connectivity index (χ1n) is 7.43. The molecule has 22 heavy (non-hydrogen) atoms. The Morgan fingerprint density at radius 1 is 1.41 bits per heavy atom. The number of aromatic nitrogens is 3. The summed E-state index contributed by atoms with van der Waals surface area (Å²) in [7, 11) is 0. The lowest BCUT2D eigenvalue weighted by atomic mass is 10.1. The number of ether oxygens (including phenoxy) is 1. The van der Waals surface area contributed by atoms with E-state index in [-0.39, 0.29) is 12.0 Å². The summed E-state index contributed by atoms with van der Waals surface area (Å²) in [6, 6.07) is 0. The molecule has 1 aliphatic heterocycles. The van der Waals surface area contributed by atoms with Gasteiger partial charge in [0.05, 0.1) is 11.9 Å². The molecule has 2 aromatic rings. The number of nitrogens with zero attached hydrogens (tertiary/aromatic N) is 3. The standard InChI is InChI=1S/C15H18N4O2S/c20-14(13-3-1-2-8-21-13)18-5-4-11-10-22-15(19-11)12-9-16-6-7-17-12/h6-7,9-10,13H,1-5,8H2,(H,18,20). The lowest BCUT2D eigenvalue weighted by molar-refractivity contribution is -0.135. The quantitative estimate of drug-likeness (QED) is 0.910. The summed E-state index contributed by atoms with van der Waals surface area (Å²) in [5.41, 5.74) is 1.73. The van der Waals surface area contributed by atoms with E-state index in [9.17, 15) is 4.79 Å². The molecule has 1 atom stereocenters. The van der Waals surface area contributed by atoms with Gasteiger partial charge in [-0.25, -0.2) is 4.98 Å². The highest BCUT2D eigenvalue weighted by molar-refractivity contribution is 7.13. The summed E-state index contributed by atoms with van der Waals surface area (Å²) in [6.45, 7) is 1.26. The Balaban J connectivity index is 1.48. The Kier molecular flexibility index (Phi) is 5.07. The van der Waals surface area contributed by atoms with Crippen molar-refractivity contribution >= 4 is 17.2 Å². The van der Waals surface area contributed by atoms with Gasteiger partial charge in [0.2, 0.25) is 5.91 Å². The molecular formula is C15H18N4O2S. The molecule has 0 radical (unpaired) electrons. The number of nitrogens with one attached hydrogen (secondary N) is 1. The normalized spacial score (nSPS) is 18.1. The summed E-state index contributed by atoms with van der Waals surface area (Å²) in [5, 5.41) is 5.77. The molecule has 1 aliphatic rings. The van der Waals surface area contributed by atoms with Crippen LogP contribution in [0.4, 0.5) is 0 Å². The number of thiazole rings is 1. The number of carbonyl (C=O) groups excluding carboxylic acids is 1. The number of carbonyl (C=O) groups is 1. The van der Waals surface area contributed by atoms with Crippen LogP contribution in [0.1, 0.15) is 25.0 Å². The minimum absolute atomic E-state index is 0.0101. The van der Waals surface area contributed by atoms with E-state index in [1.807, 2.05) is 5.38 Å². The molecule has 7 heteroatoms. The van der Waals surface area contributed by atoms with Gasteiger partial charge >= 0.3 is 0 Å². The van der Waals surface area contributed by atoms with Gasteiger partial charge in [0.1, 0.15) is 16.8 Å². The molecule has 6 nitrogen and oxygen atoms in total.